The highest BCUT2D eigenvalue weighted by atomic mass is 35.5. The summed E-state index contributed by atoms with van der Waals surface area (Å²) in [6.45, 7) is 5.66. The number of hydrogen-bond acceptors (Lipinski definition) is 6. The van der Waals surface area contributed by atoms with Crippen molar-refractivity contribution in [2.24, 2.45) is 0 Å². The van der Waals surface area contributed by atoms with Gasteiger partial charge in [-0.2, -0.15) is 0 Å². The number of esters is 1. The number of aryl methyl sites for hydroxylation is 1. The molecule has 0 atom stereocenters. The molecule has 0 spiro atoms. The zero-order valence-electron chi connectivity index (χ0n) is 14.5. The quantitative estimate of drug-likeness (QED) is 0.473. The van der Waals surface area contributed by atoms with Crippen LogP contribution in [0.1, 0.15) is 43.0 Å². The summed E-state index contributed by atoms with van der Waals surface area (Å²) in [6.07, 6.45) is 0. The highest BCUT2D eigenvalue weighted by Crippen LogP contribution is 2.41. The molecule has 4 N–H and O–H groups in total. The minimum Gasteiger partial charge on any atom is -0.507 e. The lowest BCUT2D eigenvalue weighted by atomic mass is 10.0. The van der Waals surface area contributed by atoms with Crippen LogP contribution in [-0.2, 0) is 0 Å². The first-order valence-corrected chi connectivity index (χ1v) is 7.86. The number of halogens is 1. The van der Waals surface area contributed by atoms with Crippen LogP contribution in [0, 0.1) is 27.7 Å². The molecule has 0 saturated carbocycles. The topological polar surface area (TPSA) is 124 Å². The van der Waals surface area contributed by atoms with Gasteiger partial charge in [-0.3, -0.25) is 0 Å². The second kappa shape index (κ2) is 6.76. The van der Waals surface area contributed by atoms with Crippen LogP contribution in [0.2, 0.25) is 5.02 Å². The van der Waals surface area contributed by atoms with Gasteiger partial charge in [0.25, 0.3) is 0 Å². The summed E-state index contributed by atoms with van der Waals surface area (Å²) in [5, 5.41) is 39.1. The van der Waals surface area contributed by atoms with E-state index >= 15 is 0 Å². The number of aromatic carboxylic acids is 1. The van der Waals surface area contributed by atoms with Crippen LogP contribution >= 0.6 is 11.6 Å². The van der Waals surface area contributed by atoms with E-state index in [1.54, 1.807) is 0 Å². The zero-order valence-corrected chi connectivity index (χ0v) is 15.2. The Hall–Kier alpha value is -2.93. The number of phenolic OH excluding ortho intramolecular Hbond substituents is 2. The molecule has 0 unspecified atom stereocenters. The molecule has 8 heteroatoms. The van der Waals surface area contributed by atoms with Crippen molar-refractivity contribution in [3.63, 3.8) is 0 Å². The van der Waals surface area contributed by atoms with Crippen molar-refractivity contribution in [2.45, 2.75) is 27.7 Å². The zero-order chi connectivity index (χ0) is 19.9. The third-order valence-electron chi connectivity index (χ3n) is 4.18. The maximum absolute atomic E-state index is 12.5. The van der Waals surface area contributed by atoms with E-state index in [4.69, 9.17) is 21.4 Å². The fraction of sp³-hybridized carbons (Fsp3) is 0.222. The Morgan fingerprint density at radius 2 is 1.42 bits per heavy atom. The average Bonchev–Trinajstić information content (AvgIpc) is 2.55. The third-order valence-corrected chi connectivity index (χ3v) is 4.65. The van der Waals surface area contributed by atoms with Crippen LogP contribution in [0.4, 0.5) is 0 Å². The van der Waals surface area contributed by atoms with Gasteiger partial charge in [-0.25, -0.2) is 9.59 Å². The van der Waals surface area contributed by atoms with Crippen LogP contribution in [0.25, 0.3) is 0 Å². The molecular weight excluding hydrogens is 364 g/mol. The average molecular weight is 381 g/mol. The van der Waals surface area contributed by atoms with Crippen molar-refractivity contribution in [3.05, 3.63) is 44.5 Å². The van der Waals surface area contributed by atoms with Gasteiger partial charge < -0.3 is 25.2 Å². The summed E-state index contributed by atoms with van der Waals surface area (Å²) >= 11 is 5.97. The number of carboxylic acid groups (broad SMARTS) is 1. The number of carbonyl (C=O) groups excluding carboxylic acids is 1. The van der Waals surface area contributed by atoms with Crippen molar-refractivity contribution < 1.29 is 34.8 Å². The van der Waals surface area contributed by atoms with Gasteiger partial charge in [0.1, 0.15) is 34.1 Å². The number of phenols is 3. The maximum atomic E-state index is 12.5. The van der Waals surface area contributed by atoms with E-state index in [1.165, 1.54) is 33.8 Å². The van der Waals surface area contributed by atoms with Gasteiger partial charge in [0.15, 0.2) is 0 Å². The fourth-order valence-corrected chi connectivity index (χ4v) is 2.81. The molecule has 2 rings (SSSR count). The van der Waals surface area contributed by atoms with Crippen molar-refractivity contribution >= 4 is 23.5 Å². The Balaban J connectivity index is 2.55. The first kappa shape index (κ1) is 19.4. The van der Waals surface area contributed by atoms with Crippen LogP contribution in [0.5, 0.6) is 23.0 Å². The van der Waals surface area contributed by atoms with Gasteiger partial charge in [0.2, 0.25) is 0 Å². The molecule has 0 fully saturated rings. The molecule has 138 valence electrons. The molecule has 26 heavy (non-hydrogen) atoms. The number of ether oxygens (including phenoxy) is 1. The molecule has 0 saturated heterocycles. The lowest BCUT2D eigenvalue weighted by Crippen LogP contribution is -2.13. The second-order valence-electron chi connectivity index (χ2n) is 5.87. The van der Waals surface area contributed by atoms with Gasteiger partial charge in [0, 0.05) is 11.1 Å². The smallest absolute Gasteiger partial charge is 0.347 e. The molecule has 0 aliphatic carbocycles. The second-order valence-corrected chi connectivity index (χ2v) is 6.25. The summed E-state index contributed by atoms with van der Waals surface area (Å²) in [5.41, 5.74) is -0.124. The summed E-state index contributed by atoms with van der Waals surface area (Å²) < 4.78 is 5.25. The molecule has 7 nitrogen and oxygen atoms in total. The van der Waals surface area contributed by atoms with Crippen LogP contribution in [0.3, 0.4) is 0 Å². The molecule has 0 radical (unpaired) electrons. The molecule has 0 amide bonds. The van der Waals surface area contributed by atoms with Gasteiger partial charge in [-0.1, -0.05) is 11.6 Å². The van der Waals surface area contributed by atoms with Gasteiger partial charge >= 0.3 is 11.9 Å². The minimum absolute atomic E-state index is 0.0181. The standard InChI is InChI=1S/C18H17ClO7/c1-6-5-10(7(2)14(20)11(6)17(23)24)26-18(25)12-8(3)13(19)16(22)9(4)15(12)21/h5,20-22H,1-4H3,(H,23,24). The summed E-state index contributed by atoms with van der Waals surface area (Å²) in [4.78, 5) is 23.8. The van der Waals surface area contributed by atoms with Crippen LogP contribution < -0.4 is 4.74 Å². The fourth-order valence-electron chi connectivity index (χ4n) is 2.57. The van der Waals surface area contributed by atoms with E-state index < -0.39 is 23.4 Å². The number of hydrogen-bond donors (Lipinski definition) is 4. The molecule has 0 heterocycles. The van der Waals surface area contributed by atoms with Crippen molar-refractivity contribution in [2.75, 3.05) is 0 Å². The van der Waals surface area contributed by atoms with E-state index in [0.29, 0.717) is 0 Å². The molecule has 0 aromatic heterocycles. The van der Waals surface area contributed by atoms with E-state index in [-0.39, 0.29) is 49.9 Å². The number of aromatic hydroxyl groups is 3. The molecular formula is C18H17ClO7. The molecule has 2 aromatic carbocycles. The summed E-state index contributed by atoms with van der Waals surface area (Å²) in [6, 6.07) is 1.30. The van der Waals surface area contributed by atoms with Crippen LogP contribution in [0.15, 0.2) is 6.07 Å². The Labute approximate surface area is 154 Å². The highest BCUT2D eigenvalue weighted by molar-refractivity contribution is 6.33. The molecule has 2 aromatic rings. The Bertz CT molecular complexity index is 919. The van der Waals surface area contributed by atoms with Crippen molar-refractivity contribution in [1.29, 1.82) is 0 Å². The number of benzene rings is 2. The molecule has 0 aliphatic rings. The normalized spacial score (nSPS) is 10.7. The molecule has 0 aliphatic heterocycles. The first-order valence-electron chi connectivity index (χ1n) is 7.48. The first-order chi connectivity index (χ1) is 12.0. The SMILES string of the molecule is Cc1cc(OC(=O)c2c(C)c(Cl)c(O)c(C)c2O)c(C)c(O)c1C(=O)O. The lowest BCUT2D eigenvalue weighted by molar-refractivity contribution is 0.0692. The van der Waals surface area contributed by atoms with Gasteiger partial charge in [-0.05, 0) is 44.9 Å². The summed E-state index contributed by atoms with van der Waals surface area (Å²) in [5.74, 6) is -3.66. The number of rotatable bonds is 3. The Kier molecular flexibility index (Phi) is 5.04. The number of carbonyl (C=O) groups is 2. The maximum Gasteiger partial charge on any atom is 0.347 e. The summed E-state index contributed by atoms with van der Waals surface area (Å²) in [7, 11) is 0. The van der Waals surface area contributed by atoms with Crippen LogP contribution in [-0.4, -0.2) is 32.4 Å². The monoisotopic (exact) mass is 380 g/mol. The van der Waals surface area contributed by atoms with Crippen molar-refractivity contribution in [3.8, 4) is 23.0 Å². The largest absolute Gasteiger partial charge is 0.507 e. The Morgan fingerprint density at radius 3 is 1.96 bits per heavy atom. The molecule has 0 bridgehead atoms. The van der Waals surface area contributed by atoms with Crippen molar-refractivity contribution in [1.82, 2.24) is 0 Å². The van der Waals surface area contributed by atoms with Gasteiger partial charge in [0.05, 0.1) is 5.02 Å². The highest BCUT2D eigenvalue weighted by Gasteiger charge is 2.26. The predicted octanol–water partition coefficient (Wildman–Crippen LogP) is 3.61. The van der Waals surface area contributed by atoms with E-state index in [2.05, 4.69) is 0 Å². The third kappa shape index (κ3) is 3.01. The Morgan fingerprint density at radius 1 is 0.885 bits per heavy atom. The van der Waals surface area contributed by atoms with Gasteiger partial charge in [-0.15, -0.1) is 0 Å². The number of carboxylic acids is 1. The lowest BCUT2D eigenvalue weighted by Gasteiger charge is -2.16. The van der Waals surface area contributed by atoms with E-state index in [9.17, 15) is 24.9 Å². The van der Waals surface area contributed by atoms with E-state index in [1.807, 2.05) is 0 Å². The predicted molar refractivity (Wildman–Crippen MR) is 93.8 cm³/mol. The minimum atomic E-state index is -1.31. The van der Waals surface area contributed by atoms with E-state index in [0.717, 1.165) is 0 Å².